The summed E-state index contributed by atoms with van der Waals surface area (Å²) in [4.78, 5) is 3.18. The molecule has 19 heavy (non-hydrogen) atoms. The van der Waals surface area contributed by atoms with Gasteiger partial charge in [-0.15, -0.1) is 0 Å². The number of H-pyrrole nitrogens is 1. The fourth-order valence-corrected chi connectivity index (χ4v) is 2.48. The molecule has 0 bridgehead atoms. The Hall–Kier alpha value is -1.62. The number of oxazole rings is 1. The molecule has 3 rings (SSSR count). The molecule has 0 fully saturated rings. The van der Waals surface area contributed by atoms with Gasteiger partial charge in [0.05, 0.1) is 5.52 Å². The minimum atomic E-state index is -0.795. The lowest BCUT2D eigenvalue weighted by Gasteiger charge is -2.12. The summed E-state index contributed by atoms with van der Waals surface area (Å²) in [6, 6.07) is 12.7. The van der Waals surface area contributed by atoms with E-state index in [1.54, 1.807) is 12.1 Å². The third-order valence-corrected chi connectivity index (χ3v) is 3.46. The zero-order valence-corrected chi connectivity index (χ0v) is 11.3. The zero-order valence-electron chi connectivity index (χ0n) is 9.76. The number of hydrogen-bond acceptors (Lipinski definition) is 3. The number of nitrogens with one attached hydrogen (secondary N) is 1. The molecule has 0 saturated heterocycles. The van der Waals surface area contributed by atoms with Gasteiger partial charge < -0.3 is 14.5 Å². The maximum absolute atomic E-state index is 10.4. The molecule has 2 aromatic carbocycles. The molecule has 1 atom stereocenters. The van der Waals surface area contributed by atoms with Crippen LogP contribution < -0.4 is 0 Å². The minimum Gasteiger partial charge on any atom is -0.429 e. The van der Waals surface area contributed by atoms with Crippen LogP contribution in [-0.2, 0) is 0 Å². The molecular weight excluding hydrogens is 282 g/mol. The number of hydrogen-bond donors (Lipinski definition) is 2. The van der Waals surface area contributed by atoms with E-state index < -0.39 is 6.10 Å². The monoisotopic (exact) mass is 291 g/mol. The van der Waals surface area contributed by atoms with Crippen molar-refractivity contribution in [2.24, 2.45) is 0 Å². The van der Waals surface area contributed by atoms with Gasteiger partial charge in [-0.2, -0.15) is 0 Å². The van der Waals surface area contributed by atoms with E-state index >= 15 is 0 Å². The van der Waals surface area contributed by atoms with Crippen LogP contribution in [0.4, 0.5) is 0 Å². The Morgan fingerprint density at radius 3 is 2.68 bits per heavy atom. The second-order valence-corrected chi connectivity index (χ2v) is 4.98. The average Bonchev–Trinajstić information content (AvgIpc) is 2.77. The van der Waals surface area contributed by atoms with E-state index in [0.717, 1.165) is 11.1 Å². The smallest absolute Gasteiger partial charge is 0.266 e. The third-order valence-electron chi connectivity index (χ3n) is 2.95. The number of halogens is 1. The lowest BCUT2D eigenvalue weighted by Crippen LogP contribution is -2.00. The van der Waals surface area contributed by atoms with E-state index in [4.69, 9.17) is 28.2 Å². The van der Waals surface area contributed by atoms with Crippen LogP contribution in [0.15, 0.2) is 46.9 Å². The van der Waals surface area contributed by atoms with E-state index in [-0.39, 0.29) is 4.84 Å². The van der Waals surface area contributed by atoms with Crippen molar-refractivity contribution in [2.45, 2.75) is 6.10 Å². The molecule has 0 spiro atoms. The van der Waals surface area contributed by atoms with Crippen LogP contribution in [0.2, 0.25) is 5.02 Å². The van der Waals surface area contributed by atoms with E-state index in [2.05, 4.69) is 4.98 Å². The Kier molecular flexibility index (Phi) is 3.14. The van der Waals surface area contributed by atoms with Gasteiger partial charge in [0, 0.05) is 10.6 Å². The fourth-order valence-electron chi connectivity index (χ4n) is 2.01. The summed E-state index contributed by atoms with van der Waals surface area (Å²) in [6.45, 7) is 0. The lowest BCUT2D eigenvalue weighted by atomic mass is 10.0. The van der Waals surface area contributed by atoms with E-state index in [1.165, 1.54) is 0 Å². The minimum absolute atomic E-state index is 0.289. The summed E-state index contributed by atoms with van der Waals surface area (Å²) in [5.74, 6) is 0. The Balaban J connectivity index is 2.14. The van der Waals surface area contributed by atoms with Gasteiger partial charge in [0.15, 0.2) is 5.58 Å². The summed E-state index contributed by atoms with van der Waals surface area (Å²) < 4.78 is 5.34. The Bertz CT molecular complexity index is 779. The van der Waals surface area contributed by atoms with E-state index in [1.807, 2.05) is 30.3 Å². The second kappa shape index (κ2) is 4.81. The van der Waals surface area contributed by atoms with Gasteiger partial charge in [-0.1, -0.05) is 41.9 Å². The first-order valence-corrected chi connectivity index (χ1v) is 6.49. The maximum atomic E-state index is 10.4. The number of aromatic nitrogens is 1. The Labute approximate surface area is 119 Å². The first-order chi connectivity index (χ1) is 9.15. The predicted molar refractivity (Wildman–Crippen MR) is 76.9 cm³/mol. The molecule has 0 saturated carbocycles. The summed E-state index contributed by atoms with van der Waals surface area (Å²) in [6.07, 6.45) is -0.795. The van der Waals surface area contributed by atoms with Crippen molar-refractivity contribution in [1.29, 1.82) is 0 Å². The van der Waals surface area contributed by atoms with Crippen molar-refractivity contribution in [3.05, 3.63) is 63.5 Å². The molecule has 5 heteroatoms. The SMILES string of the molecule is OC(c1ccccc1)c1cc2oc(=S)[nH]c2cc1Cl. The molecule has 0 aliphatic rings. The molecule has 0 amide bonds. The summed E-state index contributed by atoms with van der Waals surface area (Å²) in [7, 11) is 0. The maximum Gasteiger partial charge on any atom is 0.266 e. The number of benzene rings is 2. The van der Waals surface area contributed by atoms with Gasteiger partial charge in [-0.3, -0.25) is 0 Å². The summed E-state index contributed by atoms with van der Waals surface area (Å²) in [5.41, 5.74) is 2.68. The molecule has 1 heterocycles. The highest BCUT2D eigenvalue weighted by Crippen LogP contribution is 2.31. The van der Waals surface area contributed by atoms with Gasteiger partial charge in [0.1, 0.15) is 6.10 Å². The summed E-state index contributed by atoms with van der Waals surface area (Å²) in [5, 5.41) is 10.8. The number of aliphatic hydroxyl groups excluding tert-OH is 1. The fraction of sp³-hybridized carbons (Fsp3) is 0.0714. The molecule has 0 aliphatic heterocycles. The Morgan fingerprint density at radius 2 is 1.95 bits per heavy atom. The van der Waals surface area contributed by atoms with Crippen LogP contribution in [-0.4, -0.2) is 10.1 Å². The van der Waals surface area contributed by atoms with Crippen LogP contribution >= 0.6 is 23.8 Å². The number of aliphatic hydroxyl groups is 1. The van der Waals surface area contributed by atoms with Crippen LogP contribution in [0.1, 0.15) is 17.2 Å². The van der Waals surface area contributed by atoms with Crippen molar-refractivity contribution in [2.75, 3.05) is 0 Å². The van der Waals surface area contributed by atoms with Crippen molar-refractivity contribution < 1.29 is 9.52 Å². The molecule has 0 aliphatic carbocycles. The topological polar surface area (TPSA) is 49.2 Å². The average molecular weight is 292 g/mol. The van der Waals surface area contributed by atoms with Crippen molar-refractivity contribution in [3.8, 4) is 0 Å². The van der Waals surface area contributed by atoms with Gasteiger partial charge >= 0.3 is 0 Å². The molecule has 3 aromatic rings. The van der Waals surface area contributed by atoms with E-state index in [9.17, 15) is 5.11 Å². The van der Waals surface area contributed by atoms with Crippen LogP contribution in [0.3, 0.4) is 0 Å². The highest BCUT2D eigenvalue weighted by Gasteiger charge is 2.16. The zero-order chi connectivity index (χ0) is 13.4. The van der Waals surface area contributed by atoms with Crippen molar-refractivity contribution >= 4 is 34.9 Å². The van der Waals surface area contributed by atoms with Gasteiger partial charge in [-0.25, -0.2) is 0 Å². The van der Waals surface area contributed by atoms with Crippen molar-refractivity contribution in [3.63, 3.8) is 0 Å². The van der Waals surface area contributed by atoms with Gasteiger partial charge in [0.2, 0.25) is 0 Å². The number of aromatic amines is 1. The van der Waals surface area contributed by atoms with Gasteiger partial charge in [0.25, 0.3) is 4.84 Å². The highest BCUT2D eigenvalue weighted by atomic mass is 35.5. The Morgan fingerprint density at radius 1 is 1.21 bits per heavy atom. The molecule has 96 valence electrons. The molecular formula is C14H10ClNO2S. The van der Waals surface area contributed by atoms with Crippen LogP contribution in [0.25, 0.3) is 11.1 Å². The predicted octanol–water partition coefficient (Wildman–Crippen LogP) is 4.23. The lowest BCUT2D eigenvalue weighted by molar-refractivity contribution is 0.220. The normalized spacial score (nSPS) is 12.7. The quantitative estimate of drug-likeness (QED) is 0.695. The van der Waals surface area contributed by atoms with Gasteiger partial charge in [-0.05, 0) is 29.9 Å². The third kappa shape index (κ3) is 2.30. The van der Waals surface area contributed by atoms with Crippen molar-refractivity contribution in [1.82, 2.24) is 4.98 Å². The van der Waals surface area contributed by atoms with E-state index in [0.29, 0.717) is 16.2 Å². The molecule has 1 aromatic heterocycles. The first-order valence-electron chi connectivity index (χ1n) is 5.70. The molecule has 3 nitrogen and oxygen atoms in total. The largest absolute Gasteiger partial charge is 0.429 e. The highest BCUT2D eigenvalue weighted by molar-refractivity contribution is 7.71. The standard InChI is InChI=1S/C14H10ClNO2S/c15-10-7-11-12(18-14(19)16-11)6-9(10)13(17)8-4-2-1-3-5-8/h1-7,13,17H,(H,16,19). The second-order valence-electron chi connectivity index (χ2n) is 4.20. The molecule has 0 radical (unpaired) electrons. The summed E-state index contributed by atoms with van der Waals surface area (Å²) >= 11 is 11.1. The molecule has 1 unspecified atom stereocenters. The number of fused-ring (bicyclic) bond motifs is 1. The van der Waals surface area contributed by atoms with Crippen LogP contribution in [0, 0.1) is 4.84 Å². The number of rotatable bonds is 2. The molecule has 2 N–H and O–H groups in total. The van der Waals surface area contributed by atoms with Crippen LogP contribution in [0.5, 0.6) is 0 Å². The first kappa shape index (κ1) is 12.4.